The molecule has 0 fully saturated rings. The number of pyridine rings is 1. The van der Waals surface area contributed by atoms with Crippen LogP contribution in [0.4, 0.5) is 4.79 Å². The lowest BCUT2D eigenvalue weighted by Gasteiger charge is -2.27. The zero-order chi connectivity index (χ0) is 23.4. The van der Waals surface area contributed by atoms with E-state index in [0.29, 0.717) is 32.1 Å². The van der Waals surface area contributed by atoms with Crippen LogP contribution in [0.15, 0.2) is 53.8 Å². The predicted octanol–water partition coefficient (Wildman–Crippen LogP) is 4.20. The average molecular weight is 569 g/mol. The first-order valence-electron chi connectivity index (χ1n) is 10.7. The number of nitrogens with one attached hydrogen (secondary N) is 2. The zero-order valence-electron chi connectivity index (χ0n) is 20.1. The summed E-state index contributed by atoms with van der Waals surface area (Å²) in [7, 11) is 3.39. The van der Waals surface area contributed by atoms with E-state index in [9.17, 15) is 4.79 Å². The fourth-order valence-corrected chi connectivity index (χ4v) is 2.90. The van der Waals surface area contributed by atoms with Crippen molar-refractivity contribution in [1.29, 1.82) is 0 Å². The number of carbonyl (C=O) groups excluding carboxylic acids is 1. The van der Waals surface area contributed by atoms with E-state index < -0.39 is 5.60 Å². The number of halogens is 1. The molecular formula is C24H36IN5O3. The Morgan fingerprint density at radius 3 is 2.42 bits per heavy atom. The van der Waals surface area contributed by atoms with Gasteiger partial charge in [0.2, 0.25) is 0 Å². The Morgan fingerprint density at radius 2 is 1.85 bits per heavy atom. The van der Waals surface area contributed by atoms with Gasteiger partial charge in [0.15, 0.2) is 5.96 Å². The molecule has 182 valence electrons. The fraction of sp³-hybridized carbons (Fsp3) is 0.458. The van der Waals surface area contributed by atoms with Crippen molar-refractivity contribution >= 4 is 36.0 Å². The molecule has 2 N–H and O–H groups in total. The van der Waals surface area contributed by atoms with Gasteiger partial charge in [-0.15, -0.1) is 24.0 Å². The number of hydrogen-bond acceptors (Lipinski definition) is 5. The molecule has 1 aromatic heterocycles. The van der Waals surface area contributed by atoms with E-state index in [1.807, 2.05) is 57.2 Å². The number of amides is 1. The molecule has 9 heteroatoms. The van der Waals surface area contributed by atoms with Crippen LogP contribution in [0.25, 0.3) is 0 Å². The van der Waals surface area contributed by atoms with Crippen LogP contribution in [0.1, 0.15) is 38.3 Å². The van der Waals surface area contributed by atoms with Crippen LogP contribution in [0.2, 0.25) is 0 Å². The summed E-state index contributed by atoms with van der Waals surface area (Å²) < 4.78 is 10.8. The maximum absolute atomic E-state index is 12.7. The van der Waals surface area contributed by atoms with Gasteiger partial charge in [-0.1, -0.05) is 18.2 Å². The van der Waals surface area contributed by atoms with Gasteiger partial charge in [0.1, 0.15) is 11.4 Å². The third-order valence-electron chi connectivity index (χ3n) is 4.49. The standard InChI is InChI=1S/C24H35N5O3.HI/c1-24(2,3)32-23(30)29(18-20-8-6-13-26-16-20)15-7-14-27-22(25-4)28-17-19-9-11-21(31-5)12-10-19;/h6,8-13,16H,7,14-15,17-18H2,1-5H3,(H2,25,27,28);1H. The molecule has 0 aliphatic carbocycles. The number of benzene rings is 1. The zero-order valence-corrected chi connectivity index (χ0v) is 22.5. The van der Waals surface area contributed by atoms with Crippen molar-refractivity contribution in [2.75, 3.05) is 27.2 Å². The summed E-state index contributed by atoms with van der Waals surface area (Å²) in [5.74, 6) is 1.54. The van der Waals surface area contributed by atoms with E-state index in [0.717, 1.165) is 23.3 Å². The molecule has 1 aromatic carbocycles. The van der Waals surface area contributed by atoms with Gasteiger partial charge < -0.3 is 25.0 Å². The highest BCUT2D eigenvalue weighted by atomic mass is 127. The van der Waals surface area contributed by atoms with Crippen molar-refractivity contribution in [3.8, 4) is 5.75 Å². The quantitative estimate of drug-likeness (QED) is 0.204. The van der Waals surface area contributed by atoms with Crippen molar-refractivity contribution in [1.82, 2.24) is 20.5 Å². The molecule has 0 bridgehead atoms. The molecule has 1 heterocycles. The Morgan fingerprint density at radius 1 is 1.12 bits per heavy atom. The van der Waals surface area contributed by atoms with Crippen LogP contribution in [-0.2, 0) is 17.8 Å². The Hall–Kier alpha value is -2.56. The van der Waals surface area contributed by atoms with Crippen LogP contribution < -0.4 is 15.4 Å². The lowest BCUT2D eigenvalue weighted by Crippen LogP contribution is -2.40. The highest BCUT2D eigenvalue weighted by molar-refractivity contribution is 14.0. The second-order valence-corrected chi connectivity index (χ2v) is 8.32. The number of guanidine groups is 1. The van der Waals surface area contributed by atoms with E-state index in [4.69, 9.17) is 9.47 Å². The maximum atomic E-state index is 12.7. The van der Waals surface area contributed by atoms with Crippen molar-refractivity contribution in [3.63, 3.8) is 0 Å². The normalized spacial score (nSPS) is 11.2. The summed E-state index contributed by atoms with van der Waals surface area (Å²) in [6.07, 6.45) is 3.89. The number of ether oxygens (including phenoxy) is 2. The highest BCUT2D eigenvalue weighted by Crippen LogP contribution is 2.13. The fourth-order valence-electron chi connectivity index (χ4n) is 2.90. The van der Waals surface area contributed by atoms with Crippen LogP contribution in [-0.4, -0.2) is 54.8 Å². The molecule has 2 rings (SSSR count). The first-order valence-corrected chi connectivity index (χ1v) is 10.7. The molecule has 0 aliphatic heterocycles. The van der Waals surface area contributed by atoms with E-state index in [-0.39, 0.29) is 30.1 Å². The highest BCUT2D eigenvalue weighted by Gasteiger charge is 2.22. The van der Waals surface area contributed by atoms with E-state index >= 15 is 0 Å². The summed E-state index contributed by atoms with van der Waals surface area (Å²) in [6, 6.07) is 11.7. The van der Waals surface area contributed by atoms with E-state index in [2.05, 4.69) is 20.6 Å². The number of nitrogens with zero attached hydrogens (tertiary/aromatic N) is 3. The molecule has 0 saturated heterocycles. The molecule has 0 radical (unpaired) electrons. The van der Waals surface area contributed by atoms with Crippen LogP contribution in [0.5, 0.6) is 5.75 Å². The minimum atomic E-state index is -0.546. The van der Waals surface area contributed by atoms with Gasteiger partial charge >= 0.3 is 6.09 Å². The van der Waals surface area contributed by atoms with Gasteiger partial charge in [0.05, 0.1) is 13.7 Å². The van der Waals surface area contributed by atoms with Crippen molar-refractivity contribution in [2.45, 2.75) is 45.9 Å². The number of hydrogen-bond donors (Lipinski definition) is 2. The minimum absolute atomic E-state index is 0. The van der Waals surface area contributed by atoms with Gasteiger partial charge in [-0.25, -0.2) is 4.79 Å². The Balaban J connectivity index is 0.00000544. The van der Waals surface area contributed by atoms with Crippen LogP contribution in [0, 0.1) is 0 Å². The van der Waals surface area contributed by atoms with Gasteiger partial charge in [-0.2, -0.15) is 0 Å². The Bertz CT molecular complexity index is 855. The average Bonchev–Trinajstić information content (AvgIpc) is 2.77. The van der Waals surface area contributed by atoms with Crippen LogP contribution in [0.3, 0.4) is 0 Å². The van der Waals surface area contributed by atoms with Crippen LogP contribution >= 0.6 is 24.0 Å². The first kappa shape index (κ1) is 28.5. The number of methoxy groups -OCH3 is 1. The largest absolute Gasteiger partial charge is 0.497 e. The topological polar surface area (TPSA) is 88.1 Å². The molecular weight excluding hydrogens is 533 g/mol. The summed E-state index contributed by atoms with van der Waals surface area (Å²) in [4.78, 5) is 22.8. The first-order chi connectivity index (χ1) is 15.3. The minimum Gasteiger partial charge on any atom is -0.497 e. The molecule has 1 amide bonds. The van der Waals surface area contributed by atoms with Gasteiger partial charge in [-0.05, 0) is 56.5 Å². The number of carbonyl (C=O) groups is 1. The lowest BCUT2D eigenvalue weighted by molar-refractivity contribution is 0.0232. The van der Waals surface area contributed by atoms with Gasteiger partial charge in [0, 0.05) is 39.1 Å². The van der Waals surface area contributed by atoms with Crippen molar-refractivity contribution < 1.29 is 14.3 Å². The molecule has 33 heavy (non-hydrogen) atoms. The summed E-state index contributed by atoms with van der Waals surface area (Å²) >= 11 is 0. The smallest absolute Gasteiger partial charge is 0.410 e. The second-order valence-electron chi connectivity index (χ2n) is 8.32. The number of aromatic nitrogens is 1. The summed E-state index contributed by atoms with van der Waals surface area (Å²) in [5.41, 5.74) is 1.54. The number of aliphatic imine (C=N–C) groups is 1. The van der Waals surface area contributed by atoms with E-state index in [1.165, 1.54) is 0 Å². The van der Waals surface area contributed by atoms with Gasteiger partial charge in [0.25, 0.3) is 0 Å². The molecule has 0 saturated carbocycles. The maximum Gasteiger partial charge on any atom is 0.410 e. The summed E-state index contributed by atoms with van der Waals surface area (Å²) in [6.45, 7) is 7.91. The molecule has 0 spiro atoms. The monoisotopic (exact) mass is 569 g/mol. The predicted molar refractivity (Wildman–Crippen MR) is 142 cm³/mol. The molecule has 0 aliphatic rings. The van der Waals surface area contributed by atoms with E-state index in [1.54, 1.807) is 31.5 Å². The Kier molecular flexibility index (Phi) is 12.6. The SMILES string of the molecule is CN=C(NCCCN(Cc1cccnc1)C(=O)OC(C)(C)C)NCc1ccc(OC)cc1.I. The van der Waals surface area contributed by atoms with Gasteiger partial charge in [-0.3, -0.25) is 9.98 Å². The lowest BCUT2D eigenvalue weighted by atomic mass is 10.2. The number of rotatable bonds is 9. The third-order valence-corrected chi connectivity index (χ3v) is 4.49. The molecule has 0 unspecified atom stereocenters. The molecule has 8 nitrogen and oxygen atoms in total. The Labute approximate surface area is 214 Å². The van der Waals surface area contributed by atoms with Crippen molar-refractivity contribution in [3.05, 3.63) is 59.9 Å². The summed E-state index contributed by atoms with van der Waals surface area (Å²) in [5, 5.41) is 6.58. The molecule has 0 atom stereocenters. The molecule has 2 aromatic rings. The van der Waals surface area contributed by atoms with Crippen molar-refractivity contribution in [2.24, 2.45) is 4.99 Å². The second kappa shape index (κ2) is 14.6. The third kappa shape index (κ3) is 11.2.